The summed E-state index contributed by atoms with van der Waals surface area (Å²) < 4.78 is 0. The maximum atomic E-state index is 10.1. The van der Waals surface area contributed by atoms with Gasteiger partial charge in [-0.3, -0.25) is 15.7 Å². The molecule has 16 heavy (non-hydrogen) atoms. The number of nitrogens with one attached hydrogen (secondary N) is 5. The van der Waals surface area contributed by atoms with Crippen molar-refractivity contribution in [2.75, 3.05) is 20.1 Å². The first kappa shape index (κ1) is 11.2. The van der Waals surface area contributed by atoms with Gasteiger partial charge < -0.3 is 21.1 Å². The van der Waals surface area contributed by atoms with E-state index in [0.29, 0.717) is 13.0 Å². The number of hydrogen-bond donors (Lipinski definition) is 6. The van der Waals surface area contributed by atoms with Gasteiger partial charge in [-0.05, 0) is 13.5 Å². The molecule has 7 nitrogen and oxygen atoms in total. The van der Waals surface area contributed by atoms with E-state index in [-0.39, 0.29) is 12.0 Å². The highest BCUT2D eigenvalue weighted by atomic mass is 16.3. The Morgan fingerprint density at radius 2 is 2.50 bits per heavy atom. The van der Waals surface area contributed by atoms with Gasteiger partial charge in [-0.2, -0.15) is 0 Å². The third kappa shape index (κ3) is 1.43. The first-order chi connectivity index (χ1) is 7.61. The molecule has 0 unspecified atom stereocenters. The second-order valence-corrected chi connectivity index (χ2v) is 4.30. The van der Waals surface area contributed by atoms with Crippen LogP contribution in [-0.2, 0) is 0 Å². The number of guanidine groups is 1. The van der Waals surface area contributed by atoms with Crippen LogP contribution in [0.4, 0.5) is 0 Å². The van der Waals surface area contributed by atoms with E-state index in [9.17, 15) is 5.11 Å². The molecule has 0 radical (unpaired) electrons. The summed E-state index contributed by atoms with van der Waals surface area (Å²) in [6.07, 6.45) is 1.31. The van der Waals surface area contributed by atoms with E-state index >= 15 is 0 Å². The van der Waals surface area contributed by atoms with Gasteiger partial charge in [-0.1, -0.05) is 0 Å². The van der Waals surface area contributed by atoms with E-state index in [0.717, 1.165) is 12.9 Å². The zero-order valence-electron chi connectivity index (χ0n) is 9.25. The minimum atomic E-state index is -0.618. The van der Waals surface area contributed by atoms with Crippen LogP contribution in [0.1, 0.15) is 6.42 Å². The van der Waals surface area contributed by atoms with E-state index < -0.39 is 11.8 Å². The molecule has 0 bridgehead atoms. The average Bonchev–Trinajstić information content (AvgIpc) is 2.72. The van der Waals surface area contributed by atoms with E-state index in [1.54, 1.807) is 0 Å². The Balaban J connectivity index is 2.21. The number of rotatable bonds is 3. The molecule has 0 saturated carbocycles. The van der Waals surface area contributed by atoms with Gasteiger partial charge in [-0.25, -0.2) is 0 Å². The van der Waals surface area contributed by atoms with Crippen LogP contribution in [0.2, 0.25) is 0 Å². The summed E-state index contributed by atoms with van der Waals surface area (Å²) in [7, 11) is 1.93. The van der Waals surface area contributed by atoms with Crippen LogP contribution in [0.25, 0.3) is 0 Å². The highest BCUT2D eigenvalue weighted by Crippen LogP contribution is 2.31. The van der Waals surface area contributed by atoms with Gasteiger partial charge in [0.25, 0.3) is 0 Å². The highest BCUT2D eigenvalue weighted by Gasteiger charge is 2.56. The van der Waals surface area contributed by atoms with E-state index in [2.05, 4.69) is 16.0 Å². The molecule has 2 heterocycles. The Morgan fingerprint density at radius 3 is 3.06 bits per heavy atom. The van der Waals surface area contributed by atoms with Gasteiger partial charge in [0, 0.05) is 13.1 Å². The number of nitrogens with zero attached hydrogens (tertiary/aromatic N) is 1. The van der Waals surface area contributed by atoms with E-state index in [1.807, 2.05) is 11.9 Å². The van der Waals surface area contributed by atoms with Crippen molar-refractivity contribution in [1.29, 1.82) is 10.8 Å². The molecule has 1 spiro atoms. The monoisotopic (exact) mass is 226 g/mol. The lowest BCUT2D eigenvalue weighted by Crippen LogP contribution is -2.65. The number of hydrogen-bond acceptors (Lipinski definition) is 4. The Morgan fingerprint density at radius 1 is 1.75 bits per heavy atom. The summed E-state index contributed by atoms with van der Waals surface area (Å²) in [6, 6.07) is -0.121. The van der Waals surface area contributed by atoms with Crippen LogP contribution in [0.15, 0.2) is 0 Å². The molecule has 2 saturated heterocycles. The minimum absolute atomic E-state index is 0.121. The number of aliphatic hydroxyl groups excluding tert-OH is 1. The van der Waals surface area contributed by atoms with E-state index in [4.69, 9.17) is 10.8 Å². The molecule has 0 aromatic heterocycles. The Labute approximate surface area is 94.2 Å². The molecule has 0 aliphatic carbocycles. The molecule has 6 N–H and O–H groups in total. The smallest absolute Gasteiger partial charge is 0.190 e. The molecular weight excluding hydrogens is 208 g/mol. The van der Waals surface area contributed by atoms with Gasteiger partial charge in [0.15, 0.2) is 5.96 Å². The normalized spacial score (nSPS) is 38.5. The lowest BCUT2D eigenvalue weighted by molar-refractivity contribution is 0.0179. The Bertz CT molecular complexity index is 296. The third-order valence-electron chi connectivity index (χ3n) is 3.48. The molecule has 2 aliphatic heterocycles. The molecule has 0 aromatic carbocycles. The predicted octanol–water partition coefficient (Wildman–Crippen LogP) is -1.93. The molecular formula is C9H18N6O. The number of likely N-dealkylation sites (tertiary alicyclic amines) is 1. The zero-order chi connectivity index (χ0) is 11.8. The largest absolute Gasteiger partial charge is 0.389 e. The summed E-state index contributed by atoms with van der Waals surface area (Å²) in [4.78, 5) is 2.03. The molecule has 90 valence electrons. The van der Waals surface area contributed by atoms with E-state index in [1.165, 1.54) is 0 Å². The van der Waals surface area contributed by atoms with Crippen molar-refractivity contribution in [3.05, 3.63) is 0 Å². The third-order valence-corrected chi connectivity index (χ3v) is 3.48. The van der Waals surface area contributed by atoms with Crippen LogP contribution in [0, 0.1) is 10.8 Å². The second-order valence-electron chi connectivity index (χ2n) is 4.30. The molecule has 0 amide bonds. The van der Waals surface area contributed by atoms with Crippen LogP contribution in [0.3, 0.4) is 0 Å². The summed E-state index contributed by atoms with van der Waals surface area (Å²) >= 11 is 0. The predicted molar refractivity (Wildman–Crippen MR) is 60.6 cm³/mol. The first-order valence-electron chi connectivity index (χ1n) is 5.36. The summed E-state index contributed by atoms with van der Waals surface area (Å²) in [5.74, 6) is 0.226. The maximum Gasteiger partial charge on any atom is 0.190 e. The first-order valence-corrected chi connectivity index (χ1v) is 5.36. The summed E-state index contributed by atoms with van der Waals surface area (Å²) in [5.41, 5.74) is -0.618. The minimum Gasteiger partial charge on any atom is -0.389 e. The van der Waals surface area contributed by atoms with Gasteiger partial charge in [0.05, 0.1) is 18.5 Å². The van der Waals surface area contributed by atoms with Crippen molar-refractivity contribution < 1.29 is 5.11 Å². The fraction of sp³-hybridized carbons (Fsp3) is 0.778. The molecule has 3 atom stereocenters. The van der Waals surface area contributed by atoms with Crippen molar-refractivity contribution >= 4 is 12.3 Å². The topological polar surface area (TPSA) is 107 Å². The van der Waals surface area contributed by atoms with Crippen molar-refractivity contribution in [3.8, 4) is 0 Å². The summed E-state index contributed by atoms with van der Waals surface area (Å²) in [5, 5.41) is 33.5. The van der Waals surface area contributed by atoms with Crippen LogP contribution in [-0.4, -0.2) is 60.3 Å². The van der Waals surface area contributed by atoms with Crippen molar-refractivity contribution in [2.45, 2.75) is 24.2 Å². The van der Waals surface area contributed by atoms with Crippen LogP contribution >= 0.6 is 0 Å². The second kappa shape index (κ2) is 3.91. The van der Waals surface area contributed by atoms with Gasteiger partial charge >= 0.3 is 0 Å². The Hall–Kier alpha value is -1.34. The fourth-order valence-corrected chi connectivity index (χ4v) is 2.64. The highest BCUT2D eigenvalue weighted by molar-refractivity contribution is 5.81. The lowest BCUT2D eigenvalue weighted by atomic mass is 9.96. The van der Waals surface area contributed by atoms with Crippen LogP contribution in [0.5, 0.6) is 0 Å². The quantitative estimate of drug-likeness (QED) is 0.248. The lowest BCUT2D eigenvalue weighted by Gasteiger charge is -2.38. The van der Waals surface area contributed by atoms with Crippen molar-refractivity contribution in [1.82, 2.24) is 20.9 Å². The fourth-order valence-electron chi connectivity index (χ4n) is 2.64. The maximum absolute atomic E-state index is 10.1. The average molecular weight is 226 g/mol. The molecule has 2 fully saturated rings. The molecule has 2 aliphatic rings. The summed E-state index contributed by atoms with van der Waals surface area (Å²) in [6.45, 7) is 1.30. The van der Waals surface area contributed by atoms with Gasteiger partial charge in [0.2, 0.25) is 0 Å². The van der Waals surface area contributed by atoms with Crippen molar-refractivity contribution in [3.63, 3.8) is 0 Å². The number of likely N-dealkylation sites (N-methyl/N-ethyl adjacent to an activating group) is 1. The van der Waals surface area contributed by atoms with Gasteiger partial charge in [0.1, 0.15) is 5.66 Å². The molecule has 7 heteroatoms. The SMILES string of the molecule is CN1CC[C@@H](O)[C@@]12NC(=N)N[C@H]2CNC=N. The molecule has 0 aromatic rings. The van der Waals surface area contributed by atoms with Crippen LogP contribution < -0.4 is 16.0 Å². The zero-order valence-corrected chi connectivity index (χ0v) is 9.25. The number of aliphatic hydroxyl groups is 1. The Kier molecular flexibility index (Phi) is 2.73. The standard InChI is InChI=1S/C9H18N6O/c1-15-3-2-7(16)9(15)6(4-12-5-10)13-8(11)14-9/h5-7,16H,2-4H2,1H3,(H2,10,12)(H3,11,13,14)/t6-,7+,9-/m0/s1. The molecule has 2 rings (SSSR count). The van der Waals surface area contributed by atoms with Crippen molar-refractivity contribution in [2.24, 2.45) is 0 Å². The van der Waals surface area contributed by atoms with Gasteiger partial charge in [-0.15, -0.1) is 0 Å².